The quantitative estimate of drug-likeness (QED) is 0.565. The van der Waals surface area contributed by atoms with Crippen LogP contribution >= 0.6 is 0 Å². The summed E-state index contributed by atoms with van der Waals surface area (Å²) in [6.45, 7) is 1.83. The summed E-state index contributed by atoms with van der Waals surface area (Å²) in [5, 5.41) is 13.6. The van der Waals surface area contributed by atoms with Gasteiger partial charge in [0.2, 0.25) is 0 Å². The summed E-state index contributed by atoms with van der Waals surface area (Å²) in [5.41, 5.74) is 9.14. The van der Waals surface area contributed by atoms with E-state index in [0.29, 0.717) is 30.9 Å². The number of anilines is 1. The van der Waals surface area contributed by atoms with E-state index in [1.165, 1.54) is 11.0 Å². The average molecular weight is 396 g/mol. The number of aromatic amines is 1. The number of hydrogen-bond acceptors (Lipinski definition) is 6. The maximum absolute atomic E-state index is 14.7. The van der Waals surface area contributed by atoms with Gasteiger partial charge in [-0.25, -0.2) is 9.18 Å². The van der Waals surface area contributed by atoms with Gasteiger partial charge in [-0.05, 0) is 29.3 Å². The Morgan fingerprint density at radius 2 is 2.07 bits per heavy atom. The third-order valence-corrected chi connectivity index (χ3v) is 4.77. The van der Waals surface area contributed by atoms with E-state index in [4.69, 9.17) is 10.5 Å². The van der Waals surface area contributed by atoms with Gasteiger partial charge in [0.25, 0.3) is 0 Å². The van der Waals surface area contributed by atoms with Gasteiger partial charge in [0.05, 0.1) is 24.1 Å². The number of cyclic esters (lactones) is 1. The minimum Gasteiger partial charge on any atom is -0.443 e. The molecular formula is C20H21FN6O2. The number of ether oxygens (including phenoxy) is 1. The van der Waals surface area contributed by atoms with E-state index in [1.54, 1.807) is 18.3 Å². The standard InChI is InChI=1S/C20H21FN6O2/c21-19-7-16(27-12-17(8-22)29-20(27)28)5-6-18(19)14-3-1-13(2-4-14)9-23-10-15-11-24-26-25-15/h1-7,11,17,23H,8-10,12,22H2,(H,24,25,26)/t17-/m0/s1. The molecule has 2 heterocycles. The van der Waals surface area contributed by atoms with Gasteiger partial charge in [0.15, 0.2) is 0 Å². The van der Waals surface area contributed by atoms with Crippen LogP contribution in [0.5, 0.6) is 0 Å². The van der Waals surface area contributed by atoms with Crippen molar-refractivity contribution in [3.8, 4) is 11.1 Å². The van der Waals surface area contributed by atoms with Gasteiger partial charge in [-0.15, -0.1) is 0 Å². The Morgan fingerprint density at radius 3 is 2.72 bits per heavy atom. The minimum atomic E-state index is -0.505. The average Bonchev–Trinajstić information content (AvgIpc) is 3.38. The Kier molecular flexibility index (Phi) is 5.50. The number of hydrogen-bond donors (Lipinski definition) is 3. The van der Waals surface area contributed by atoms with Crippen LogP contribution in [0, 0.1) is 5.82 Å². The van der Waals surface area contributed by atoms with Crippen molar-refractivity contribution in [3.05, 3.63) is 65.7 Å². The molecule has 29 heavy (non-hydrogen) atoms. The fourth-order valence-electron chi connectivity index (χ4n) is 3.21. The predicted octanol–water partition coefficient (Wildman–Crippen LogP) is 2.18. The lowest BCUT2D eigenvalue weighted by molar-refractivity contribution is 0.145. The first-order valence-corrected chi connectivity index (χ1v) is 9.26. The van der Waals surface area contributed by atoms with Gasteiger partial charge in [-0.1, -0.05) is 24.3 Å². The number of nitrogens with one attached hydrogen (secondary N) is 2. The summed E-state index contributed by atoms with van der Waals surface area (Å²) < 4.78 is 19.8. The second kappa shape index (κ2) is 8.38. The van der Waals surface area contributed by atoms with Gasteiger partial charge >= 0.3 is 6.09 Å². The van der Waals surface area contributed by atoms with Crippen LogP contribution in [-0.2, 0) is 17.8 Å². The molecule has 0 unspecified atom stereocenters. The Balaban J connectivity index is 1.42. The molecule has 0 aliphatic carbocycles. The maximum Gasteiger partial charge on any atom is 0.414 e. The zero-order chi connectivity index (χ0) is 20.2. The van der Waals surface area contributed by atoms with Crippen LogP contribution < -0.4 is 16.0 Å². The third kappa shape index (κ3) is 4.25. The molecule has 3 aromatic rings. The number of H-pyrrole nitrogens is 1. The van der Waals surface area contributed by atoms with Crippen LogP contribution in [0.25, 0.3) is 11.1 Å². The van der Waals surface area contributed by atoms with E-state index >= 15 is 0 Å². The molecule has 4 N–H and O–H groups in total. The molecule has 9 heteroatoms. The van der Waals surface area contributed by atoms with Gasteiger partial charge in [0.1, 0.15) is 11.9 Å². The molecule has 0 spiro atoms. The first-order chi connectivity index (χ1) is 14.1. The van der Waals surface area contributed by atoms with E-state index in [1.807, 2.05) is 24.3 Å². The van der Waals surface area contributed by atoms with Crippen LogP contribution in [-0.4, -0.2) is 40.7 Å². The molecule has 1 amide bonds. The Bertz CT molecular complexity index is 977. The van der Waals surface area contributed by atoms with Crippen LogP contribution in [0.3, 0.4) is 0 Å². The second-order valence-electron chi connectivity index (χ2n) is 6.78. The second-order valence-corrected chi connectivity index (χ2v) is 6.78. The van der Waals surface area contributed by atoms with E-state index in [2.05, 4.69) is 20.7 Å². The van der Waals surface area contributed by atoms with Crippen molar-refractivity contribution in [2.75, 3.05) is 18.0 Å². The first-order valence-electron chi connectivity index (χ1n) is 9.26. The van der Waals surface area contributed by atoms with E-state index in [9.17, 15) is 9.18 Å². The predicted molar refractivity (Wildman–Crippen MR) is 105 cm³/mol. The summed E-state index contributed by atoms with van der Waals surface area (Å²) in [5.74, 6) is -0.400. The molecule has 0 bridgehead atoms. The van der Waals surface area contributed by atoms with E-state index in [-0.39, 0.29) is 12.6 Å². The number of benzene rings is 2. The summed E-state index contributed by atoms with van der Waals surface area (Å²) in [7, 11) is 0. The highest BCUT2D eigenvalue weighted by Crippen LogP contribution is 2.29. The molecule has 1 aromatic heterocycles. The van der Waals surface area contributed by atoms with Crippen molar-refractivity contribution < 1.29 is 13.9 Å². The first kappa shape index (κ1) is 19.0. The molecule has 0 saturated carbocycles. The fourth-order valence-corrected chi connectivity index (χ4v) is 3.21. The normalized spacial score (nSPS) is 16.3. The number of nitrogens with zero attached hydrogens (tertiary/aromatic N) is 3. The summed E-state index contributed by atoms with van der Waals surface area (Å²) in [6, 6.07) is 12.4. The highest BCUT2D eigenvalue weighted by Gasteiger charge is 2.31. The number of aromatic nitrogens is 3. The molecule has 1 aliphatic heterocycles. The lowest BCUT2D eigenvalue weighted by Gasteiger charge is -2.14. The molecule has 4 rings (SSSR count). The molecule has 8 nitrogen and oxygen atoms in total. The van der Waals surface area contributed by atoms with Crippen molar-refractivity contribution in [1.29, 1.82) is 0 Å². The van der Waals surface area contributed by atoms with Gasteiger partial charge < -0.3 is 15.8 Å². The molecule has 1 aliphatic rings. The van der Waals surface area contributed by atoms with Crippen molar-refractivity contribution in [2.24, 2.45) is 5.73 Å². The largest absolute Gasteiger partial charge is 0.443 e. The monoisotopic (exact) mass is 396 g/mol. The van der Waals surface area contributed by atoms with Crippen LogP contribution in [0.15, 0.2) is 48.7 Å². The molecule has 2 aromatic carbocycles. The maximum atomic E-state index is 14.7. The van der Waals surface area contributed by atoms with Crippen LogP contribution in [0.1, 0.15) is 11.3 Å². The Morgan fingerprint density at radius 1 is 1.24 bits per heavy atom. The Hall–Kier alpha value is -3.30. The number of carbonyl (C=O) groups excluding carboxylic acids is 1. The minimum absolute atomic E-state index is 0.239. The van der Waals surface area contributed by atoms with Crippen LogP contribution in [0.4, 0.5) is 14.9 Å². The lowest BCUT2D eigenvalue weighted by Crippen LogP contribution is -2.27. The summed E-state index contributed by atoms with van der Waals surface area (Å²) in [4.78, 5) is 13.3. The topological polar surface area (TPSA) is 109 Å². The van der Waals surface area contributed by atoms with Crippen molar-refractivity contribution in [1.82, 2.24) is 20.7 Å². The molecule has 1 atom stereocenters. The number of amides is 1. The van der Waals surface area contributed by atoms with Crippen molar-refractivity contribution in [2.45, 2.75) is 19.2 Å². The molecule has 1 saturated heterocycles. The van der Waals surface area contributed by atoms with E-state index in [0.717, 1.165) is 16.8 Å². The number of carbonyl (C=O) groups is 1. The summed E-state index contributed by atoms with van der Waals surface area (Å²) >= 11 is 0. The number of halogens is 1. The SMILES string of the molecule is NC[C@H]1CN(c2ccc(-c3ccc(CNCc4cn[nH]n4)cc3)c(F)c2)C(=O)O1. The zero-order valence-electron chi connectivity index (χ0n) is 15.6. The van der Waals surface area contributed by atoms with Gasteiger partial charge in [-0.3, -0.25) is 4.90 Å². The highest BCUT2D eigenvalue weighted by molar-refractivity contribution is 5.90. The molecule has 1 fully saturated rings. The lowest BCUT2D eigenvalue weighted by atomic mass is 10.0. The fraction of sp³-hybridized carbons (Fsp3) is 0.250. The van der Waals surface area contributed by atoms with Gasteiger partial charge in [-0.2, -0.15) is 15.4 Å². The van der Waals surface area contributed by atoms with E-state index < -0.39 is 11.9 Å². The number of rotatable bonds is 7. The van der Waals surface area contributed by atoms with Crippen molar-refractivity contribution in [3.63, 3.8) is 0 Å². The smallest absolute Gasteiger partial charge is 0.414 e. The Labute approximate surface area is 166 Å². The van der Waals surface area contributed by atoms with Crippen LogP contribution in [0.2, 0.25) is 0 Å². The zero-order valence-corrected chi connectivity index (χ0v) is 15.6. The third-order valence-electron chi connectivity index (χ3n) is 4.77. The molecule has 150 valence electrons. The molecule has 0 radical (unpaired) electrons. The van der Waals surface area contributed by atoms with Crippen molar-refractivity contribution >= 4 is 11.8 Å². The molecular weight excluding hydrogens is 375 g/mol. The highest BCUT2D eigenvalue weighted by atomic mass is 19.1. The van der Waals surface area contributed by atoms with Gasteiger partial charge in [0, 0.05) is 25.2 Å². The number of nitrogens with two attached hydrogens (primary N) is 1. The summed E-state index contributed by atoms with van der Waals surface area (Å²) in [6.07, 6.45) is 0.798.